The number of alkyl carbamates (subject to hydrolysis) is 1. The maximum absolute atomic E-state index is 11.4. The molecule has 1 aromatic rings. The van der Waals surface area contributed by atoms with E-state index in [4.69, 9.17) is 4.74 Å². The van der Waals surface area contributed by atoms with E-state index in [2.05, 4.69) is 51.7 Å². The summed E-state index contributed by atoms with van der Waals surface area (Å²) >= 11 is 3.49. The van der Waals surface area contributed by atoms with Gasteiger partial charge in [-0.15, -0.1) is 0 Å². The highest BCUT2D eigenvalue weighted by molar-refractivity contribution is 9.10. The van der Waals surface area contributed by atoms with Gasteiger partial charge < -0.3 is 15.4 Å². The Hall–Kier alpha value is -1.33. The highest BCUT2D eigenvalue weighted by Gasteiger charge is 2.14. The minimum Gasteiger partial charge on any atom is -0.444 e. The van der Waals surface area contributed by atoms with E-state index in [-0.39, 0.29) is 0 Å². The highest BCUT2D eigenvalue weighted by atomic mass is 79.9. The van der Waals surface area contributed by atoms with Gasteiger partial charge >= 0.3 is 6.09 Å². The third-order valence-corrected chi connectivity index (χ3v) is 3.63. The molecule has 0 atom stereocenters. The maximum atomic E-state index is 11.4. The third kappa shape index (κ3) is 8.20. The van der Waals surface area contributed by atoms with E-state index in [1.165, 1.54) is 11.1 Å². The number of rotatable bonds is 6. The Morgan fingerprint density at radius 3 is 2.59 bits per heavy atom. The molecule has 0 fully saturated rings. The van der Waals surface area contributed by atoms with Crippen LogP contribution in [0.2, 0.25) is 0 Å². The molecule has 0 aliphatic heterocycles. The zero-order valence-corrected chi connectivity index (χ0v) is 15.3. The number of hydrogen-bond donors (Lipinski definition) is 2. The van der Waals surface area contributed by atoms with Gasteiger partial charge in [0, 0.05) is 24.1 Å². The van der Waals surface area contributed by atoms with Crippen molar-refractivity contribution in [1.29, 1.82) is 0 Å². The van der Waals surface area contributed by atoms with Crippen molar-refractivity contribution in [2.75, 3.05) is 13.1 Å². The summed E-state index contributed by atoms with van der Waals surface area (Å²) in [6.45, 7) is 9.65. The molecule has 1 aromatic carbocycles. The Morgan fingerprint density at radius 2 is 1.95 bits per heavy atom. The van der Waals surface area contributed by atoms with E-state index < -0.39 is 11.7 Å². The largest absolute Gasteiger partial charge is 0.444 e. The lowest BCUT2D eigenvalue weighted by Crippen LogP contribution is -2.32. The summed E-state index contributed by atoms with van der Waals surface area (Å²) in [5, 5.41) is 6.01. The Morgan fingerprint density at radius 1 is 1.27 bits per heavy atom. The molecule has 1 amide bonds. The first-order chi connectivity index (χ1) is 10.3. The van der Waals surface area contributed by atoms with Crippen LogP contribution in [-0.2, 0) is 11.3 Å². The quantitative estimate of drug-likeness (QED) is 0.590. The minimum atomic E-state index is -0.460. The molecule has 0 saturated carbocycles. The summed E-state index contributed by atoms with van der Waals surface area (Å²) in [4.78, 5) is 11.4. The lowest BCUT2D eigenvalue weighted by molar-refractivity contribution is 0.0534. The van der Waals surface area contributed by atoms with Crippen molar-refractivity contribution in [3.8, 4) is 0 Å². The molecule has 0 aliphatic rings. The van der Waals surface area contributed by atoms with Gasteiger partial charge in [-0.2, -0.15) is 0 Å². The molecule has 0 unspecified atom stereocenters. The molecule has 122 valence electrons. The second-order valence-electron chi connectivity index (χ2n) is 6.07. The molecule has 0 aliphatic carbocycles. The van der Waals surface area contributed by atoms with Gasteiger partial charge in [0.05, 0.1) is 0 Å². The van der Waals surface area contributed by atoms with Crippen LogP contribution >= 0.6 is 15.9 Å². The zero-order valence-electron chi connectivity index (χ0n) is 13.7. The predicted octanol–water partition coefficient (Wildman–Crippen LogP) is 3.93. The first-order valence-electron chi connectivity index (χ1n) is 7.35. The number of halogens is 1. The number of carbonyl (C=O) groups is 1. The number of aryl methyl sites for hydroxylation is 1. The van der Waals surface area contributed by atoms with Crippen LogP contribution in [0.4, 0.5) is 4.79 Å². The molecule has 0 saturated heterocycles. The Kier molecular flexibility index (Phi) is 7.62. The van der Waals surface area contributed by atoms with Gasteiger partial charge in [0.25, 0.3) is 0 Å². The number of amides is 1. The summed E-state index contributed by atoms with van der Waals surface area (Å²) in [5.74, 6) is 0. The summed E-state index contributed by atoms with van der Waals surface area (Å²) in [6, 6.07) is 6.32. The lowest BCUT2D eigenvalue weighted by atomic mass is 10.1. The first kappa shape index (κ1) is 18.7. The lowest BCUT2D eigenvalue weighted by Gasteiger charge is -2.19. The van der Waals surface area contributed by atoms with Gasteiger partial charge in [-0.25, -0.2) is 4.79 Å². The summed E-state index contributed by atoms with van der Waals surface area (Å²) in [6.07, 6.45) is 3.50. The minimum absolute atomic E-state index is 0.393. The fourth-order valence-corrected chi connectivity index (χ4v) is 1.99. The molecule has 2 N–H and O–H groups in total. The second kappa shape index (κ2) is 8.96. The van der Waals surface area contributed by atoms with Gasteiger partial charge in [-0.1, -0.05) is 40.2 Å². The summed E-state index contributed by atoms with van der Waals surface area (Å²) in [7, 11) is 0. The van der Waals surface area contributed by atoms with E-state index in [0.29, 0.717) is 6.54 Å². The van der Waals surface area contributed by atoms with Crippen LogP contribution in [-0.4, -0.2) is 24.8 Å². The van der Waals surface area contributed by atoms with Crippen LogP contribution in [0.25, 0.3) is 0 Å². The number of ether oxygens (including phenoxy) is 1. The fraction of sp³-hybridized carbons (Fsp3) is 0.471. The monoisotopic (exact) mass is 368 g/mol. The Labute approximate surface area is 141 Å². The van der Waals surface area contributed by atoms with Gasteiger partial charge in [0.1, 0.15) is 5.60 Å². The number of nitrogens with one attached hydrogen (secondary N) is 2. The number of benzene rings is 1. The van der Waals surface area contributed by atoms with Crippen LogP contribution in [0.3, 0.4) is 0 Å². The molecule has 0 spiro atoms. The number of hydrogen-bond acceptors (Lipinski definition) is 3. The molecule has 5 heteroatoms. The average molecular weight is 369 g/mol. The first-order valence-corrected chi connectivity index (χ1v) is 8.15. The molecule has 0 bridgehead atoms. The Balaban J connectivity index is 2.16. The molecule has 0 radical (unpaired) electrons. The SMILES string of the molecule is Cc1cc(CNC/C=C/CNC(=O)OC(C)(C)C)ccc1Br. The van der Waals surface area contributed by atoms with Crippen molar-refractivity contribution in [3.05, 3.63) is 46.0 Å². The van der Waals surface area contributed by atoms with Crippen molar-refractivity contribution in [1.82, 2.24) is 10.6 Å². The zero-order chi connectivity index (χ0) is 16.6. The van der Waals surface area contributed by atoms with Crippen molar-refractivity contribution in [3.63, 3.8) is 0 Å². The van der Waals surface area contributed by atoms with Crippen LogP contribution in [0.5, 0.6) is 0 Å². The van der Waals surface area contributed by atoms with Gasteiger partial charge in [0.2, 0.25) is 0 Å². The topological polar surface area (TPSA) is 50.4 Å². The second-order valence-corrected chi connectivity index (χ2v) is 6.92. The van der Waals surface area contributed by atoms with Crippen molar-refractivity contribution in [2.24, 2.45) is 0 Å². The van der Waals surface area contributed by atoms with Gasteiger partial charge in [-0.05, 0) is 44.9 Å². The molecular weight excluding hydrogens is 344 g/mol. The van der Waals surface area contributed by atoms with Crippen LogP contribution in [0.1, 0.15) is 31.9 Å². The van der Waals surface area contributed by atoms with E-state index >= 15 is 0 Å². The van der Waals surface area contributed by atoms with Crippen LogP contribution < -0.4 is 10.6 Å². The van der Waals surface area contributed by atoms with E-state index in [9.17, 15) is 4.79 Å². The molecule has 0 aromatic heterocycles. The van der Waals surface area contributed by atoms with Crippen molar-refractivity contribution < 1.29 is 9.53 Å². The highest BCUT2D eigenvalue weighted by Crippen LogP contribution is 2.16. The maximum Gasteiger partial charge on any atom is 0.407 e. The molecule has 22 heavy (non-hydrogen) atoms. The average Bonchev–Trinajstić information content (AvgIpc) is 2.39. The van der Waals surface area contributed by atoms with Gasteiger partial charge in [-0.3, -0.25) is 0 Å². The van der Waals surface area contributed by atoms with Crippen LogP contribution in [0, 0.1) is 6.92 Å². The normalized spacial score (nSPS) is 11.7. The van der Waals surface area contributed by atoms with E-state index in [1.54, 1.807) is 0 Å². The molecule has 1 rings (SSSR count). The third-order valence-electron chi connectivity index (χ3n) is 2.74. The van der Waals surface area contributed by atoms with Crippen LogP contribution in [0.15, 0.2) is 34.8 Å². The summed E-state index contributed by atoms with van der Waals surface area (Å²) in [5.41, 5.74) is 2.02. The predicted molar refractivity (Wildman–Crippen MR) is 94.0 cm³/mol. The van der Waals surface area contributed by atoms with Crippen molar-refractivity contribution >= 4 is 22.0 Å². The smallest absolute Gasteiger partial charge is 0.407 e. The fourth-order valence-electron chi connectivity index (χ4n) is 1.74. The van der Waals surface area contributed by atoms with E-state index in [0.717, 1.165) is 17.6 Å². The standard InChI is InChI=1S/C17H25BrN2O2/c1-13-11-14(7-8-15(13)18)12-19-9-5-6-10-20-16(21)22-17(2,3)4/h5-8,11,19H,9-10,12H2,1-4H3,(H,20,21)/b6-5+. The van der Waals surface area contributed by atoms with Crippen molar-refractivity contribution in [2.45, 2.75) is 39.8 Å². The summed E-state index contributed by atoms with van der Waals surface area (Å²) < 4.78 is 6.27. The number of carbonyl (C=O) groups excluding carboxylic acids is 1. The molecular formula is C17H25BrN2O2. The molecule has 0 heterocycles. The van der Waals surface area contributed by atoms with Gasteiger partial charge in [0.15, 0.2) is 0 Å². The Bertz CT molecular complexity index is 522. The van der Waals surface area contributed by atoms with E-state index in [1.807, 2.05) is 32.9 Å². The molecule has 4 nitrogen and oxygen atoms in total.